The Hall–Kier alpha value is -1.43. The number of nitrogen functional groups attached to an aromatic ring is 1. The van der Waals surface area contributed by atoms with E-state index in [0.717, 1.165) is 11.3 Å². The minimum Gasteiger partial charge on any atom is -0.384 e. The SMILES string of the molecule is Cc1c(C#N)c(N)n(C(C)C2CCCCC2)c1C. The second-order valence-corrected chi connectivity index (χ2v) is 5.59. The molecule has 0 radical (unpaired) electrons. The molecule has 0 amide bonds. The zero-order valence-corrected chi connectivity index (χ0v) is 11.7. The Balaban J connectivity index is 2.36. The van der Waals surface area contributed by atoms with Crippen molar-refractivity contribution in [3.8, 4) is 6.07 Å². The molecule has 0 bridgehead atoms. The fourth-order valence-corrected chi connectivity index (χ4v) is 3.35. The largest absolute Gasteiger partial charge is 0.384 e. The third-order valence-corrected chi connectivity index (χ3v) is 4.65. The molecule has 3 heteroatoms. The van der Waals surface area contributed by atoms with Crippen molar-refractivity contribution in [1.82, 2.24) is 4.57 Å². The third-order valence-electron chi connectivity index (χ3n) is 4.65. The Bertz CT molecular complexity index is 473. The molecule has 1 fully saturated rings. The van der Waals surface area contributed by atoms with E-state index in [0.29, 0.717) is 23.3 Å². The highest BCUT2D eigenvalue weighted by Crippen LogP contribution is 2.37. The van der Waals surface area contributed by atoms with Gasteiger partial charge in [-0.15, -0.1) is 0 Å². The third kappa shape index (κ3) is 2.01. The monoisotopic (exact) mass is 245 g/mol. The standard InChI is InChI=1S/C15H23N3/c1-10-11(2)18(15(17)14(10)9-16)12(3)13-7-5-4-6-8-13/h12-13H,4-8,17H2,1-3H3. The lowest BCUT2D eigenvalue weighted by Crippen LogP contribution is -2.21. The zero-order chi connectivity index (χ0) is 13.3. The number of hydrogen-bond acceptors (Lipinski definition) is 2. The molecule has 1 aromatic rings. The van der Waals surface area contributed by atoms with Crippen LogP contribution in [0, 0.1) is 31.1 Å². The molecule has 2 N–H and O–H groups in total. The van der Waals surface area contributed by atoms with Crippen molar-refractivity contribution in [3.05, 3.63) is 16.8 Å². The lowest BCUT2D eigenvalue weighted by atomic mass is 9.84. The Morgan fingerprint density at radius 3 is 2.39 bits per heavy atom. The van der Waals surface area contributed by atoms with Gasteiger partial charge in [0.05, 0.1) is 5.56 Å². The van der Waals surface area contributed by atoms with Gasteiger partial charge in [0.15, 0.2) is 0 Å². The van der Waals surface area contributed by atoms with Gasteiger partial charge in [0.2, 0.25) is 0 Å². The van der Waals surface area contributed by atoms with Crippen molar-refractivity contribution in [2.75, 3.05) is 5.73 Å². The lowest BCUT2D eigenvalue weighted by molar-refractivity contribution is 0.264. The highest BCUT2D eigenvalue weighted by molar-refractivity contribution is 5.58. The van der Waals surface area contributed by atoms with E-state index in [-0.39, 0.29) is 0 Å². The summed E-state index contributed by atoms with van der Waals surface area (Å²) in [7, 11) is 0. The number of nitrogens with zero attached hydrogens (tertiary/aromatic N) is 2. The number of nitriles is 1. The van der Waals surface area contributed by atoms with Crippen molar-refractivity contribution >= 4 is 5.82 Å². The summed E-state index contributed by atoms with van der Waals surface area (Å²) in [5, 5.41) is 9.19. The summed E-state index contributed by atoms with van der Waals surface area (Å²) < 4.78 is 2.18. The Morgan fingerprint density at radius 1 is 1.28 bits per heavy atom. The molecule has 1 atom stereocenters. The first-order valence-electron chi connectivity index (χ1n) is 6.94. The van der Waals surface area contributed by atoms with E-state index in [4.69, 9.17) is 5.73 Å². The Morgan fingerprint density at radius 2 is 1.89 bits per heavy atom. The van der Waals surface area contributed by atoms with E-state index in [1.54, 1.807) is 0 Å². The second kappa shape index (κ2) is 5.06. The van der Waals surface area contributed by atoms with E-state index in [2.05, 4.69) is 24.5 Å². The lowest BCUT2D eigenvalue weighted by Gasteiger charge is -2.30. The first kappa shape index (κ1) is 13.0. The fraction of sp³-hybridized carbons (Fsp3) is 0.667. The maximum absolute atomic E-state index is 9.19. The average molecular weight is 245 g/mol. The highest BCUT2D eigenvalue weighted by atomic mass is 15.1. The van der Waals surface area contributed by atoms with E-state index >= 15 is 0 Å². The van der Waals surface area contributed by atoms with Gasteiger partial charge in [-0.3, -0.25) is 0 Å². The molecule has 3 nitrogen and oxygen atoms in total. The first-order chi connectivity index (χ1) is 8.57. The van der Waals surface area contributed by atoms with Crippen LogP contribution in [-0.4, -0.2) is 4.57 Å². The van der Waals surface area contributed by atoms with E-state index in [1.165, 1.54) is 32.1 Å². The smallest absolute Gasteiger partial charge is 0.122 e. The van der Waals surface area contributed by atoms with Crippen LogP contribution in [0.4, 0.5) is 5.82 Å². The number of rotatable bonds is 2. The summed E-state index contributed by atoms with van der Waals surface area (Å²) >= 11 is 0. The number of aromatic nitrogens is 1. The van der Waals surface area contributed by atoms with Crippen LogP contribution >= 0.6 is 0 Å². The summed E-state index contributed by atoms with van der Waals surface area (Å²) in [6, 6.07) is 2.65. The second-order valence-electron chi connectivity index (χ2n) is 5.59. The maximum Gasteiger partial charge on any atom is 0.122 e. The number of nitrogens with two attached hydrogens (primary N) is 1. The van der Waals surface area contributed by atoms with Crippen LogP contribution in [0.25, 0.3) is 0 Å². The van der Waals surface area contributed by atoms with Gasteiger partial charge in [0.1, 0.15) is 11.9 Å². The van der Waals surface area contributed by atoms with E-state index in [1.807, 2.05) is 6.92 Å². The maximum atomic E-state index is 9.19. The molecular weight excluding hydrogens is 222 g/mol. The van der Waals surface area contributed by atoms with Crippen molar-refractivity contribution in [3.63, 3.8) is 0 Å². The first-order valence-corrected chi connectivity index (χ1v) is 6.94. The summed E-state index contributed by atoms with van der Waals surface area (Å²) in [4.78, 5) is 0. The summed E-state index contributed by atoms with van der Waals surface area (Å²) in [6.45, 7) is 6.32. The summed E-state index contributed by atoms with van der Waals surface area (Å²) in [5.41, 5.74) is 9.02. The fourth-order valence-electron chi connectivity index (χ4n) is 3.35. The highest BCUT2D eigenvalue weighted by Gasteiger charge is 2.26. The van der Waals surface area contributed by atoms with E-state index in [9.17, 15) is 5.26 Å². The van der Waals surface area contributed by atoms with Crippen LogP contribution in [0.15, 0.2) is 0 Å². The molecule has 1 saturated carbocycles. The van der Waals surface area contributed by atoms with Gasteiger partial charge in [-0.05, 0) is 45.1 Å². The topological polar surface area (TPSA) is 54.7 Å². The van der Waals surface area contributed by atoms with Crippen LogP contribution in [0.1, 0.15) is 61.9 Å². The molecule has 1 aromatic heterocycles. The van der Waals surface area contributed by atoms with Gasteiger partial charge >= 0.3 is 0 Å². The average Bonchev–Trinajstić information content (AvgIpc) is 2.60. The molecule has 1 aliphatic rings. The number of anilines is 1. The van der Waals surface area contributed by atoms with Crippen molar-refractivity contribution in [1.29, 1.82) is 5.26 Å². The molecule has 18 heavy (non-hydrogen) atoms. The summed E-state index contributed by atoms with van der Waals surface area (Å²) in [6.07, 6.45) is 6.61. The molecule has 0 aliphatic heterocycles. The quantitative estimate of drug-likeness (QED) is 0.863. The van der Waals surface area contributed by atoms with Gasteiger partial charge < -0.3 is 10.3 Å². The Kier molecular flexibility index (Phi) is 3.65. The molecule has 98 valence electrons. The zero-order valence-electron chi connectivity index (χ0n) is 11.7. The van der Waals surface area contributed by atoms with Crippen LogP contribution < -0.4 is 5.73 Å². The van der Waals surface area contributed by atoms with Crippen LogP contribution in [0.3, 0.4) is 0 Å². The van der Waals surface area contributed by atoms with Gasteiger partial charge in [0, 0.05) is 11.7 Å². The van der Waals surface area contributed by atoms with Gasteiger partial charge in [-0.25, -0.2) is 0 Å². The van der Waals surface area contributed by atoms with Crippen LogP contribution in [0.5, 0.6) is 0 Å². The molecule has 1 aliphatic carbocycles. The predicted octanol–water partition coefficient (Wildman–Crippen LogP) is 3.70. The molecule has 0 spiro atoms. The molecule has 1 heterocycles. The van der Waals surface area contributed by atoms with Crippen molar-refractivity contribution < 1.29 is 0 Å². The minimum atomic E-state index is 0.408. The van der Waals surface area contributed by atoms with Gasteiger partial charge in [-0.1, -0.05) is 19.3 Å². The summed E-state index contributed by atoms with van der Waals surface area (Å²) in [5.74, 6) is 1.36. The van der Waals surface area contributed by atoms with Crippen LogP contribution in [-0.2, 0) is 0 Å². The van der Waals surface area contributed by atoms with Crippen molar-refractivity contribution in [2.45, 2.75) is 58.9 Å². The Labute approximate surface area is 110 Å². The minimum absolute atomic E-state index is 0.408. The predicted molar refractivity (Wildman–Crippen MR) is 74.3 cm³/mol. The van der Waals surface area contributed by atoms with E-state index < -0.39 is 0 Å². The van der Waals surface area contributed by atoms with Crippen molar-refractivity contribution in [2.24, 2.45) is 5.92 Å². The molecule has 2 rings (SSSR count). The molecule has 1 unspecified atom stereocenters. The molecule has 0 aromatic carbocycles. The van der Waals surface area contributed by atoms with Gasteiger partial charge in [0.25, 0.3) is 0 Å². The number of hydrogen-bond donors (Lipinski definition) is 1. The van der Waals surface area contributed by atoms with Gasteiger partial charge in [-0.2, -0.15) is 5.26 Å². The normalized spacial score (nSPS) is 18.6. The van der Waals surface area contributed by atoms with Crippen LogP contribution in [0.2, 0.25) is 0 Å². The molecular formula is C15H23N3. The molecule has 0 saturated heterocycles.